The number of aromatic nitrogens is 3. The van der Waals surface area contributed by atoms with Crippen LogP contribution in [0.1, 0.15) is 22.4 Å². The molecule has 2 N–H and O–H groups in total. The van der Waals surface area contributed by atoms with Gasteiger partial charge in [-0.15, -0.1) is 0 Å². The number of H-pyrrole nitrogens is 1. The van der Waals surface area contributed by atoms with E-state index < -0.39 is 20.6 Å². The van der Waals surface area contributed by atoms with Crippen molar-refractivity contribution in [3.05, 3.63) is 108 Å². The van der Waals surface area contributed by atoms with Gasteiger partial charge in [-0.3, -0.25) is 4.79 Å². The summed E-state index contributed by atoms with van der Waals surface area (Å²) >= 11 is 0. The number of nitrogens with one attached hydrogen (secondary N) is 1. The summed E-state index contributed by atoms with van der Waals surface area (Å²) in [7, 11) is -3.71. The molecule has 1 atom stereocenters. The molecule has 0 bridgehead atoms. The topological polar surface area (TPSA) is 113 Å². The molecule has 4 aromatic rings. The quantitative estimate of drug-likeness (QED) is 0.414. The number of rotatable bonds is 8. The molecule has 7 nitrogen and oxygen atoms in total. The normalized spacial score (nSPS) is 13.4. The number of aromatic amines is 1. The molecule has 1 unspecified atom stereocenters. The minimum absolute atomic E-state index is 0.175. The Morgan fingerprint density at radius 3 is 2.30 bits per heavy atom. The highest BCUT2D eigenvalue weighted by Crippen LogP contribution is 2.40. The number of aliphatic carboxylic acids is 1. The lowest BCUT2D eigenvalue weighted by atomic mass is 9.86. The zero-order valence-electron chi connectivity index (χ0n) is 18.0. The molecular weight excluding hydrogens is 438 g/mol. The molecule has 0 amide bonds. The molecule has 33 heavy (non-hydrogen) atoms. The average molecular weight is 462 g/mol. The Morgan fingerprint density at radius 1 is 0.970 bits per heavy atom. The van der Waals surface area contributed by atoms with Gasteiger partial charge < -0.3 is 10.1 Å². The molecule has 168 valence electrons. The van der Waals surface area contributed by atoms with Crippen molar-refractivity contribution in [1.82, 2.24) is 15.0 Å². The predicted octanol–water partition coefficient (Wildman–Crippen LogP) is 3.63. The highest BCUT2D eigenvalue weighted by Gasteiger charge is 2.45. The van der Waals surface area contributed by atoms with Crippen LogP contribution in [0, 0.1) is 0 Å². The van der Waals surface area contributed by atoms with E-state index in [0.717, 1.165) is 16.7 Å². The van der Waals surface area contributed by atoms with Crippen LogP contribution < -0.4 is 0 Å². The van der Waals surface area contributed by atoms with Gasteiger partial charge >= 0.3 is 5.97 Å². The fourth-order valence-corrected chi connectivity index (χ4v) is 5.65. The zero-order valence-corrected chi connectivity index (χ0v) is 18.8. The van der Waals surface area contributed by atoms with Crippen LogP contribution >= 0.6 is 0 Å². The van der Waals surface area contributed by atoms with Crippen LogP contribution in [0.4, 0.5) is 0 Å². The first-order valence-corrected chi connectivity index (χ1v) is 12.2. The van der Waals surface area contributed by atoms with Gasteiger partial charge in [0.05, 0.1) is 6.42 Å². The first kappa shape index (κ1) is 22.4. The summed E-state index contributed by atoms with van der Waals surface area (Å²) in [5.41, 5.74) is 4.19. The molecule has 0 radical (unpaired) electrons. The molecule has 0 aliphatic heterocycles. The molecular formula is C25H23N3O4S. The standard InChI is InChI=1S/C25H23N3O4S/c1-33(31,32)25(23-6-3-11-28-23,22-5-2-4-19(12-22)13-24(29)30)14-18-7-9-20(10-8-18)21-15-26-17-27-16-21/h2-12,15-17,28H,13-14H2,1H3,(H,29,30). The van der Waals surface area contributed by atoms with E-state index in [9.17, 15) is 18.3 Å². The zero-order chi connectivity index (χ0) is 23.5. The number of carbonyl (C=O) groups is 1. The maximum Gasteiger partial charge on any atom is 0.307 e. The summed E-state index contributed by atoms with van der Waals surface area (Å²) in [6.45, 7) is 0. The summed E-state index contributed by atoms with van der Waals surface area (Å²) in [6.07, 6.45) is 7.79. The van der Waals surface area contributed by atoms with Crippen LogP contribution in [0.2, 0.25) is 0 Å². The molecule has 2 aromatic carbocycles. The summed E-state index contributed by atoms with van der Waals surface area (Å²) in [5.74, 6) is -0.975. The fourth-order valence-electron chi connectivity index (χ4n) is 4.14. The molecule has 0 saturated carbocycles. The number of benzene rings is 2. The van der Waals surface area contributed by atoms with Crippen molar-refractivity contribution >= 4 is 15.8 Å². The van der Waals surface area contributed by atoms with E-state index in [2.05, 4.69) is 15.0 Å². The first-order chi connectivity index (χ1) is 15.8. The monoisotopic (exact) mass is 461 g/mol. The van der Waals surface area contributed by atoms with Gasteiger partial charge in [-0.1, -0.05) is 48.5 Å². The molecule has 4 rings (SSSR count). The van der Waals surface area contributed by atoms with Crippen LogP contribution in [-0.4, -0.2) is 40.7 Å². The average Bonchev–Trinajstić information content (AvgIpc) is 3.32. The number of hydrogen-bond acceptors (Lipinski definition) is 5. The van der Waals surface area contributed by atoms with Crippen molar-refractivity contribution in [1.29, 1.82) is 0 Å². The lowest BCUT2D eigenvalue weighted by Crippen LogP contribution is -2.39. The summed E-state index contributed by atoms with van der Waals surface area (Å²) in [6, 6.07) is 17.9. The van der Waals surface area contributed by atoms with Gasteiger partial charge in [-0.05, 0) is 34.4 Å². The van der Waals surface area contributed by atoms with Crippen molar-refractivity contribution in [2.24, 2.45) is 0 Å². The Hall–Kier alpha value is -3.78. The summed E-state index contributed by atoms with van der Waals surface area (Å²) < 4.78 is 25.4. The van der Waals surface area contributed by atoms with Crippen LogP contribution in [0.15, 0.2) is 85.6 Å². The number of nitrogens with zero attached hydrogens (tertiary/aromatic N) is 2. The van der Waals surface area contributed by atoms with Gasteiger partial charge in [0.25, 0.3) is 0 Å². The van der Waals surface area contributed by atoms with E-state index >= 15 is 0 Å². The van der Waals surface area contributed by atoms with Crippen molar-refractivity contribution in [2.45, 2.75) is 17.6 Å². The smallest absolute Gasteiger partial charge is 0.307 e. The van der Waals surface area contributed by atoms with Crippen molar-refractivity contribution in [3.8, 4) is 11.1 Å². The third-order valence-corrected chi connectivity index (χ3v) is 7.58. The van der Waals surface area contributed by atoms with E-state index in [-0.39, 0.29) is 12.8 Å². The summed E-state index contributed by atoms with van der Waals surface area (Å²) in [5, 5.41) is 9.23. The van der Waals surface area contributed by atoms with Crippen molar-refractivity contribution < 1.29 is 18.3 Å². The third-order valence-electron chi connectivity index (χ3n) is 5.72. The van der Waals surface area contributed by atoms with Gasteiger partial charge in [0.2, 0.25) is 0 Å². The van der Waals surface area contributed by atoms with Gasteiger partial charge in [-0.2, -0.15) is 0 Å². The number of sulfone groups is 1. The molecule has 0 fully saturated rings. The van der Waals surface area contributed by atoms with E-state index in [1.54, 1.807) is 55.0 Å². The van der Waals surface area contributed by atoms with Crippen molar-refractivity contribution in [3.63, 3.8) is 0 Å². The molecule has 0 aliphatic carbocycles. The predicted molar refractivity (Wildman–Crippen MR) is 125 cm³/mol. The van der Waals surface area contributed by atoms with E-state index in [1.165, 1.54) is 12.6 Å². The third kappa shape index (κ3) is 4.56. The first-order valence-electron chi connectivity index (χ1n) is 10.3. The number of carboxylic acids is 1. The summed E-state index contributed by atoms with van der Waals surface area (Å²) in [4.78, 5) is 22.4. The van der Waals surface area contributed by atoms with Gasteiger partial charge in [0.1, 0.15) is 11.1 Å². The molecule has 0 aliphatic rings. The Morgan fingerprint density at radius 2 is 1.70 bits per heavy atom. The largest absolute Gasteiger partial charge is 0.481 e. The van der Waals surface area contributed by atoms with Crippen LogP contribution in [0.3, 0.4) is 0 Å². The second kappa shape index (κ2) is 8.99. The minimum Gasteiger partial charge on any atom is -0.481 e. The van der Waals surface area contributed by atoms with Gasteiger partial charge in [0.15, 0.2) is 9.84 Å². The van der Waals surface area contributed by atoms with Gasteiger partial charge in [0, 0.05) is 42.5 Å². The Balaban J connectivity index is 1.83. The second-order valence-corrected chi connectivity index (χ2v) is 10.2. The molecule has 8 heteroatoms. The molecule has 2 heterocycles. The van der Waals surface area contributed by atoms with E-state index in [4.69, 9.17) is 0 Å². The molecule has 2 aromatic heterocycles. The highest BCUT2D eigenvalue weighted by atomic mass is 32.2. The Kier molecular flexibility index (Phi) is 6.11. The fraction of sp³-hybridized carbons (Fsp3) is 0.160. The molecule has 0 saturated heterocycles. The van der Waals surface area contributed by atoms with Gasteiger partial charge in [-0.25, -0.2) is 18.4 Å². The van der Waals surface area contributed by atoms with Crippen molar-refractivity contribution in [2.75, 3.05) is 6.26 Å². The molecule has 0 spiro atoms. The van der Waals surface area contributed by atoms with Crippen LogP contribution in [-0.2, 0) is 32.2 Å². The second-order valence-electron chi connectivity index (χ2n) is 7.95. The maximum atomic E-state index is 13.4. The number of carboxylic acid groups (broad SMARTS) is 1. The Labute approximate surface area is 192 Å². The maximum absolute atomic E-state index is 13.4. The Bertz CT molecular complexity index is 1350. The van der Waals surface area contributed by atoms with E-state index in [1.807, 2.05) is 24.3 Å². The highest BCUT2D eigenvalue weighted by molar-refractivity contribution is 7.91. The SMILES string of the molecule is CS(=O)(=O)C(Cc1ccc(-c2cncnc2)cc1)(c1cccc(CC(=O)O)c1)c1ccc[nH]1. The van der Waals surface area contributed by atoms with E-state index in [0.29, 0.717) is 16.8 Å². The minimum atomic E-state index is -3.71. The van der Waals surface area contributed by atoms with Crippen LogP contribution in [0.5, 0.6) is 0 Å². The lowest BCUT2D eigenvalue weighted by Gasteiger charge is -2.32. The van der Waals surface area contributed by atoms with Crippen LogP contribution in [0.25, 0.3) is 11.1 Å². The number of hydrogen-bond donors (Lipinski definition) is 2. The lowest BCUT2D eigenvalue weighted by molar-refractivity contribution is -0.136.